The van der Waals surface area contributed by atoms with E-state index in [2.05, 4.69) is 26.2 Å². The molecule has 0 aliphatic heterocycles. The molecule has 2 rings (SSSR count). The maximum Gasteiger partial charge on any atom is 0.239 e. The van der Waals surface area contributed by atoms with Gasteiger partial charge in [-0.25, -0.2) is 0 Å². The van der Waals surface area contributed by atoms with Gasteiger partial charge in [0.05, 0.1) is 19.4 Å². The predicted octanol–water partition coefficient (Wildman–Crippen LogP) is -0.0664. The van der Waals surface area contributed by atoms with Gasteiger partial charge in [0, 0.05) is 7.05 Å². The Balaban J connectivity index is 2.07. The highest BCUT2D eigenvalue weighted by atomic mass is 32.2. The molecule has 0 aliphatic rings. The van der Waals surface area contributed by atoms with Gasteiger partial charge in [-0.3, -0.25) is 9.59 Å². The first kappa shape index (κ1) is 17.7. The molecule has 24 heavy (non-hydrogen) atoms. The van der Waals surface area contributed by atoms with Crippen molar-refractivity contribution >= 4 is 23.6 Å². The van der Waals surface area contributed by atoms with Gasteiger partial charge >= 0.3 is 0 Å². The summed E-state index contributed by atoms with van der Waals surface area (Å²) >= 11 is 1.17. The molecule has 0 unspecified atom stereocenters. The monoisotopic (exact) mass is 350 g/mol. The van der Waals surface area contributed by atoms with E-state index in [4.69, 9.17) is 4.74 Å². The van der Waals surface area contributed by atoms with Crippen LogP contribution in [0.1, 0.15) is 5.56 Å². The minimum Gasteiger partial charge on any atom is -0.494 e. The fourth-order valence-corrected chi connectivity index (χ4v) is 2.55. The van der Waals surface area contributed by atoms with Gasteiger partial charge in [0.15, 0.2) is 0 Å². The Morgan fingerprint density at radius 2 is 2.12 bits per heavy atom. The lowest BCUT2D eigenvalue weighted by Crippen LogP contribution is -2.36. The smallest absolute Gasteiger partial charge is 0.239 e. The molecule has 0 radical (unpaired) electrons. The van der Waals surface area contributed by atoms with Gasteiger partial charge in [0.2, 0.25) is 17.0 Å². The number of thioether (sulfide) groups is 1. The van der Waals surface area contributed by atoms with Crippen LogP contribution in [0.3, 0.4) is 0 Å². The molecule has 0 saturated heterocycles. The second-order valence-corrected chi connectivity index (χ2v) is 5.73. The summed E-state index contributed by atoms with van der Waals surface area (Å²) < 4.78 is 6.85. The lowest BCUT2D eigenvalue weighted by atomic mass is 10.2. The number of nitrogens with one attached hydrogen (secondary N) is 2. The van der Waals surface area contributed by atoms with Crippen molar-refractivity contribution in [1.82, 2.24) is 30.8 Å². The molecule has 2 aromatic rings. The fourth-order valence-electron chi connectivity index (χ4n) is 1.83. The van der Waals surface area contributed by atoms with Crippen LogP contribution in [0.4, 0.5) is 0 Å². The van der Waals surface area contributed by atoms with Crippen molar-refractivity contribution in [3.8, 4) is 11.4 Å². The van der Waals surface area contributed by atoms with Crippen molar-refractivity contribution in [2.75, 3.05) is 26.5 Å². The van der Waals surface area contributed by atoms with Gasteiger partial charge in [0.25, 0.3) is 0 Å². The fraction of sp³-hybridized carbons (Fsp3) is 0.357. The van der Waals surface area contributed by atoms with Crippen LogP contribution < -0.4 is 15.4 Å². The third-order valence-electron chi connectivity index (χ3n) is 3.06. The maximum atomic E-state index is 11.8. The largest absolute Gasteiger partial charge is 0.494 e. The first-order valence-corrected chi connectivity index (χ1v) is 8.07. The van der Waals surface area contributed by atoms with Crippen LogP contribution in [0, 0.1) is 6.92 Å². The van der Waals surface area contributed by atoms with Crippen LogP contribution in [-0.4, -0.2) is 58.5 Å². The van der Waals surface area contributed by atoms with Gasteiger partial charge in [0.1, 0.15) is 11.4 Å². The van der Waals surface area contributed by atoms with Crippen molar-refractivity contribution in [3.05, 3.63) is 23.8 Å². The number of aryl methyl sites for hydroxylation is 1. The van der Waals surface area contributed by atoms with Gasteiger partial charge in [-0.15, -0.1) is 5.10 Å². The number of carbonyl (C=O) groups excluding carboxylic acids is 2. The normalized spacial score (nSPS) is 10.3. The SMILES string of the molecule is CNC(=O)CNC(=O)CSc1nnnn1-c1cc(C)ccc1OC. The minimum atomic E-state index is -0.283. The number of hydrogen-bond acceptors (Lipinski definition) is 7. The Morgan fingerprint density at radius 1 is 1.33 bits per heavy atom. The van der Waals surface area contributed by atoms with E-state index >= 15 is 0 Å². The van der Waals surface area contributed by atoms with E-state index in [0.29, 0.717) is 16.6 Å². The summed E-state index contributed by atoms with van der Waals surface area (Å²) in [5.41, 5.74) is 1.72. The maximum absolute atomic E-state index is 11.8. The van der Waals surface area contributed by atoms with Gasteiger partial charge < -0.3 is 15.4 Å². The lowest BCUT2D eigenvalue weighted by molar-refractivity contribution is -0.124. The molecule has 0 spiro atoms. The summed E-state index contributed by atoms with van der Waals surface area (Å²) in [7, 11) is 3.07. The van der Waals surface area contributed by atoms with Crippen LogP contribution in [-0.2, 0) is 9.59 Å². The zero-order valence-electron chi connectivity index (χ0n) is 13.6. The second-order valence-electron chi connectivity index (χ2n) is 4.79. The van der Waals surface area contributed by atoms with E-state index in [1.807, 2.05) is 25.1 Å². The van der Waals surface area contributed by atoms with Crippen molar-refractivity contribution < 1.29 is 14.3 Å². The molecule has 9 nitrogen and oxygen atoms in total. The Bertz CT molecular complexity index is 733. The number of carbonyl (C=O) groups is 2. The molecule has 2 N–H and O–H groups in total. The molecule has 1 aromatic heterocycles. The average molecular weight is 350 g/mol. The number of hydrogen-bond donors (Lipinski definition) is 2. The number of rotatable bonds is 7. The summed E-state index contributed by atoms with van der Waals surface area (Å²) in [6.45, 7) is 1.89. The quantitative estimate of drug-likeness (QED) is 0.673. The number of aromatic nitrogens is 4. The molecular formula is C14H18N6O3S. The predicted molar refractivity (Wildman–Crippen MR) is 88.2 cm³/mol. The van der Waals surface area contributed by atoms with Crippen molar-refractivity contribution in [3.63, 3.8) is 0 Å². The van der Waals surface area contributed by atoms with Gasteiger partial charge in [-0.2, -0.15) is 4.68 Å². The summed E-state index contributed by atoms with van der Waals surface area (Å²) in [4.78, 5) is 22.9. The third kappa shape index (κ3) is 4.44. The topological polar surface area (TPSA) is 111 Å². The zero-order chi connectivity index (χ0) is 17.5. The highest BCUT2D eigenvalue weighted by molar-refractivity contribution is 7.99. The Labute approximate surface area is 143 Å². The average Bonchev–Trinajstić information content (AvgIpc) is 3.06. The van der Waals surface area contributed by atoms with Crippen molar-refractivity contribution in [2.24, 2.45) is 0 Å². The van der Waals surface area contributed by atoms with Crippen molar-refractivity contribution in [2.45, 2.75) is 12.1 Å². The highest BCUT2D eigenvalue weighted by Gasteiger charge is 2.15. The van der Waals surface area contributed by atoms with Crippen LogP contribution in [0.5, 0.6) is 5.75 Å². The molecule has 0 bridgehead atoms. The number of likely N-dealkylation sites (N-methyl/N-ethyl adjacent to an activating group) is 1. The standard InChI is InChI=1S/C14H18N6O3S/c1-9-4-5-11(23-3)10(6-9)20-14(17-18-19-20)24-8-13(22)16-7-12(21)15-2/h4-6H,7-8H2,1-3H3,(H,15,21)(H,16,22). The van der Waals surface area contributed by atoms with Crippen LogP contribution in [0.15, 0.2) is 23.4 Å². The van der Waals surface area contributed by atoms with E-state index in [9.17, 15) is 9.59 Å². The van der Waals surface area contributed by atoms with E-state index in [1.165, 1.54) is 23.5 Å². The number of benzene rings is 1. The number of nitrogens with zero attached hydrogens (tertiary/aromatic N) is 4. The number of tetrazole rings is 1. The summed E-state index contributed by atoms with van der Waals surface area (Å²) in [6.07, 6.45) is 0. The Kier molecular flexibility index (Phi) is 6.13. The van der Waals surface area contributed by atoms with Gasteiger partial charge in [-0.05, 0) is 35.0 Å². The van der Waals surface area contributed by atoms with Crippen molar-refractivity contribution in [1.29, 1.82) is 0 Å². The molecule has 0 atom stereocenters. The van der Waals surface area contributed by atoms with E-state index in [0.717, 1.165) is 5.56 Å². The number of amides is 2. The number of ether oxygens (including phenoxy) is 1. The summed E-state index contributed by atoms with van der Waals surface area (Å²) in [5, 5.41) is 16.9. The van der Waals surface area contributed by atoms with Crippen LogP contribution in [0.25, 0.3) is 5.69 Å². The first-order valence-electron chi connectivity index (χ1n) is 7.08. The molecule has 0 aliphatic carbocycles. The zero-order valence-corrected chi connectivity index (χ0v) is 14.4. The van der Waals surface area contributed by atoms with E-state index in [1.54, 1.807) is 7.11 Å². The summed E-state index contributed by atoms with van der Waals surface area (Å²) in [5.74, 6) is 0.168. The highest BCUT2D eigenvalue weighted by Crippen LogP contribution is 2.26. The molecule has 0 saturated carbocycles. The number of methoxy groups -OCH3 is 1. The molecule has 128 valence electrons. The molecule has 1 aromatic carbocycles. The first-order chi connectivity index (χ1) is 11.5. The second kappa shape index (κ2) is 8.29. The molecular weight excluding hydrogens is 332 g/mol. The third-order valence-corrected chi connectivity index (χ3v) is 3.98. The van der Waals surface area contributed by atoms with Crippen LogP contribution >= 0.6 is 11.8 Å². The molecule has 10 heteroatoms. The Morgan fingerprint density at radius 3 is 2.83 bits per heavy atom. The van der Waals surface area contributed by atoms with E-state index < -0.39 is 0 Å². The molecule has 2 amide bonds. The molecule has 0 fully saturated rings. The van der Waals surface area contributed by atoms with E-state index in [-0.39, 0.29) is 24.1 Å². The molecule has 1 heterocycles. The lowest BCUT2D eigenvalue weighted by Gasteiger charge is -2.10. The Hall–Kier alpha value is -2.62. The minimum absolute atomic E-state index is 0.0630. The van der Waals surface area contributed by atoms with Gasteiger partial charge in [-0.1, -0.05) is 17.8 Å². The summed E-state index contributed by atoms with van der Waals surface area (Å²) in [6, 6.07) is 5.65. The van der Waals surface area contributed by atoms with Crippen LogP contribution in [0.2, 0.25) is 0 Å².